The highest BCUT2D eigenvalue weighted by molar-refractivity contribution is 5.71. The summed E-state index contributed by atoms with van der Waals surface area (Å²) in [6.45, 7) is 6.53. The minimum Gasteiger partial charge on any atom is -0.462 e. The summed E-state index contributed by atoms with van der Waals surface area (Å²) in [5.74, 6) is -0.865. The van der Waals surface area contributed by atoms with Gasteiger partial charge in [-0.15, -0.1) is 0 Å². The summed E-state index contributed by atoms with van der Waals surface area (Å²) in [4.78, 5) is 37.9. The predicted molar refractivity (Wildman–Crippen MR) is 261 cm³/mol. The van der Waals surface area contributed by atoms with E-state index in [4.69, 9.17) is 14.2 Å². The number of hydrogen-bond acceptors (Lipinski definition) is 6. The van der Waals surface area contributed by atoms with E-state index in [0.29, 0.717) is 19.3 Å². The molecule has 0 spiro atoms. The molecule has 6 heteroatoms. The van der Waals surface area contributed by atoms with Crippen LogP contribution in [0.2, 0.25) is 0 Å². The zero-order chi connectivity index (χ0) is 44.4. The molecule has 1 atom stereocenters. The lowest BCUT2D eigenvalue weighted by atomic mass is 10.0. The van der Waals surface area contributed by atoms with Gasteiger partial charge >= 0.3 is 17.9 Å². The first kappa shape index (κ1) is 58.6. The lowest BCUT2D eigenvalue weighted by Crippen LogP contribution is -2.30. The largest absolute Gasteiger partial charge is 0.462 e. The molecule has 0 aliphatic carbocycles. The van der Waals surface area contributed by atoms with E-state index < -0.39 is 6.10 Å². The number of esters is 3. The van der Waals surface area contributed by atoms with Gasteiger partial charge in [-0.2, -0.15) is 0 Å². The molecule has 0 aliphatic heterocycles. The molecular formula is C55H100O6. The third-order valence-electron chi connectivity index (χ3n) is 11.7. The number of carbonyl (C=O) groups excluding carboxylic acids is 3. The Morgan fingerprint density at radius 2 is 0.639 bits per heavy atom. The monoisotopic (exact) mass is 857 g/mol. The smallest absolute Gasteiger partial charge is 0.306 e. The Morgan fingerprint density at radius 1 is 0.344 bits per heavy atom. The summed E-state index contributed by atoms with van der Waals surface area (Å²) in [5, 5.41) is 0. The van der Waals surface area contributed by atoms with Crippen LogP contribution >= 0.6 is 0 Å². The summed E-state index contributed by atoms with van der Waals surface area (Å²) in [5.41, 5.74) is 0. The fraction of sp³-hybridized carbons (Fsp3) is 0.836. The normalized spacial score (nSPS) is 12.2. The first-order valence-electron chi connectivity index (χ1n) is 26.5. The second-order valence-corrected chi connectivity index (χ2v) is 17.8. The summed E-state index contributed by atoms with van der Waals surface area (Å²) in [7, 11) is 0. The second kappa shape index (κ2) is 50.3. The summed E-state index contributed by atoms with van der Waals surface area (Å²) >= 11 is 0. The van der Waals surface area contributed by atoms with E-state index in [1.54, 1.807) is 0 Å². The van der Waals surface area contributed by atoms with E-state index in [2.05, 4.69) is 57.2 Å². The molecule has 61 heavy (non-hydrogen) atoms. The van der Waals surface area contributed by atoms with Gasteiger partial charge in [0.15, 0.2) is 6.10 Å². The van der Waals surface area contributed by atoms with Crippen molar-refractivity contribution in [2.45, 2.75) is 284 Å². The van der Waals surface area contributed by atoms with Crippen LogP contribution in [0.3, 0.4) is 0 Å². The molecule has 0 aromatic heterocycles. The van der Waals surface area contributed by atoms with Crippen LogP contribution in [0.5, 0.6) is 0 Å². The highest BCUT2D eigenvalue weighted by atomic mass is 16.6. The van der Waals surface area contributed by atoms with Gasteiger partial charge < -0.3 is 14.2 Å². The molecule has 0 aromatic rings. The van der Waals surface area contributed by atoms with Crippen molar-refractivity contribution in [2.75, 3.05) is 13.2 Å². The zero-order valence-corrected chi connectivity index (χ0v) is 40.7. The lowest BCUT2D eigenvalue weighted by molar-refractivity contribution is -0.167. The standard InChI is InChI=1S/C55H100O6/c1-4-7-10-13-16-19-21-23-25-26-27-28-30-31-33-36-39-42-45-48-54(57)60-51-52(50-59-53(56)47-44-41-38-35-18-15-12-9-6-3)61-55(58)49-46-43-40-37-34-32-29-24-22-20-17-14-11-8-5-2/h7,10,16,19,23,25,52H,4-6,8-9,11-15,17-18,20-22,24,26-51H2,1-3H3/b10-7-,19-16-,25-23-. The Balaban J connectivity index is 4.27. The minimum atomic E-state index is -0.768. The molecule has 1 unspecified atom stereocenters. The maximum absolute atomic E-state index is 12.8. The van der Waals surface area contributed by atoms with Crippen molar-refractivity contribution < 1.29 is 28.6 Å². The zero-order valence-electron chi connectivity index (χ0n) is 40.7. The summed E-state index contributed by atoms with van der Waals surface area (Å²) < 4.78 is 16.8. The molecule has 0 saturated heterocycles. The van der Waals surface area contributed by atoms with Crippen molar-refractivity contribution in [3.8, 4) is 0 Å². The average molecular weight is 857 g/mol. The number of carbonyl (C=O) groups is 3. The number of ether oxygens (including phenoxy) is 3. The molecule has 6 nitrogen and oxygen atoms in total. The predicted octanol–water partition coefficient (Wildman–Crippen LogP) is 17.3. The molecule has 0 aliphatic rings. The van der Waals surface area contributed by atoms with Gasteiger partial charge in [-0.3, -0.25) is 14.4 Å². The second-order valence-electron chi connectivity index (χ2n) is 17.8. The molecule has 356 valence electrons. The Hall–Kier alpha value is -2.37. The van der Waals surface area contributed by atoms with Crippen LogP contribution in [0.25, 0.3) is 0 Å². The Kier molecular flexibility index (Phi) is 48.3. The number of allylic oxidation sites excluding steroid dienone is 6. The fourth-order valence-electron chi connectivity index (χ4n) is 7.69. The van der Waals surface area contributed by atoms with Crippen LogP contribution in [-0.4, -0.2) is 37.2 Å². The molecule has 0 saturated carbocycles. The van der Waals surface area contributed by atoms with Gasteiger partial charge in [-0.25, -0.2) is 0 Å². The molecule has 0 N–H and O–H groups in total. The summed E-state index contributed by atoms with van der Waals surface area (Å²) in [6.07, 6.45) is 58.5. The molecule has 0 fully saturated rings. The van der Waals surface area contributed by atoms with Crippen LogP contribution in [0.15, 0.2) is 36.5 Å². The van der Waals surface area contributed by atoms with Crippen molar-refractivity contribution >= 4 is 17.9 Å². The molecule has 0 aromatic carbocycles. The third kappa shape index (κ3) is 48.5. The summed E-state index contributed by atoms with van der Waals surface area (Å²) in [6, 6.07) is 0. The highest BCUT2D eigenvalue weighted by Gasteiger charge is 2.19. The average Bonchev–Trinajstić information content (AvgIpc) is 3.26. The van der Waals surface area contributed by atoms with Crippen molar-refractivity contribution in [3.05, 3.63) is 36.5 Å². The van der Waals surface area contributed by atoms with Crippen molar-refractivity contribution in [3.63, 3.8) is 0 Å². The molecular weight excluding hydrogens is 757 g/mol. The quantitative estimate of drug-likeness (QED) is 0.0262. The van der Waals surface area contributed by atoms with Crippen LogP contribution in [0, 0.1) is 0 Å². The molecule has 0 rings (SSSR count). The van der Waals surface area contributed by atoms with Gasteiger partial charge in [0.05, 0.1) is 0 Å². The number of hydrogen-bond donors (Lipinski definition) is 0. The van der Waals surface area contributed by atoms with Crippen molar-refractivity contribution in [1.29, 1.82) is 0 Å². The number of rotatable bonds is 48. The Morgan fingerprint density at radius 3 is 1.00 bits per heavy atom. The first-order valence-corrected chi connectivity index (χ1v) is 26.5. The molecule has 0 radical (unpaired) electrons. The molecule has 0 amide bonds. The number of unbranched alkanes of at least 4 members (excludes halogenated alkanes) is 31. The van der Waals surface area contributed by atoms with Crippen LogP contribution in [0.1, 0.15) is 278 Å². The van der Waals surface area contributed by atoms with Gasteiger partial charge in [0.1, 0.15) is 13.2 Å². The van der Waals surface area contributed by atoms with Crippen molar-refractivity contribution in [1.82, 2.24) is 0 Å². The SMILES string of the molecule is CC/C=C\C/C=C\C/C=C\CCCCCCCCCCCC(=O)OCC(COC(=O)CCCCCCCCCCC)OC(=O)CCCCCCCCCCCCCCCCC. The van der Waals surface area contributed by atoms with Gasteiger partial charge in [-0.05, 0) is 51.4 Å². The lowest BCUT2D eigenvalue weighted by Gasteiger charge is -2.18. The van der Waals surface area contributed by atoms with E-state index in [0.717, 1.165) is 77.0 Å². The van der Waals surface area contributed by atoms with Gasteiger partial charge in [0.2, 0.25) is 0 Å². The van der Waals surface area contributed by atoms with E-state index in [9.17, 15) is 14.4 Å². The van der Waals surface area contributed by atoms with E-state index >= 15 is 0 Å². The topological polar surface area (TPSA) is 78.9 Å². The molecule has 0 heterocycles. The molecule has 0 bridgehead atoms. The highest BCUT2D eigenvalue weighted by Crippen LogP contribution is 2.16. The maximum Gasteiger partial charge on any atom is 0.306 e. The fourth-order valence-corrected chi connectivity index (χ4v) is 7.69. The van der Waals surface area contributed by atoms with Crippen LogP contribution in [0.4, 0.5) is 0 Å². The third-order valence-corrected chi connectivity index (χ3v) is 11.7. The van der Waals surface area contributed by atoms with E-state index in [-0.39, 0.29) is 31.1 Å². The maximum atomic E-state index is 12.8. The minimum absolute atomic E-state index is 0.0696. The first-order chi connectivity index (χ1) is 30.0. The van der Waals surface area contributed by atoms with Gasteiger partial charge in [0, 0.05) is 19.3 Å². The van der Waals surface area contributed by atoms with E-state index in [1.165, 1.54) is 161 Å². The van der Waals surface area contributed by atoms with Gasteiger partial charge in [-0.1, -0.05) is 243 Å². The van der Waals surface area contributed by atoms with Crippen LogP contribution < -0.4 is 0 Å². The van der Waals surface area contributed by atoms with Crippen molar-refractivity contribution in [2.24, 2.45) is 0 Å². The Bertz CT molecular complexity index is 1030. The van der Waals surface area contributed by atoms with Crippen LogP contribution in [-0.2, 0) is 28.6 Å². The van der Waals surface area contributed by atoms with E-state index in [1.807, 2.05) is 0 Å². The Labute approximate surface area is 378 Å². The van der Waals surface area contributed by atoms with Gasteiger partial charge in [0.25, 0.3) is 0 Å².